The molecular formula is C27H27FN4O2. The van der Waals surface area contributed by atoms with Crippen LogP contribution in [0.25, 0.3) is 16.8 Å². The molecule has 0 unspecified atom stereocenters. The number of piperazine rings is 1. The van der Waals surface area contributed by atoms with Gasteiger partial charge in [0.25, 0.3) is 5.91 Å². The number of ether oxygens (including phenoxy) is 1. The van der Waals surface area contributed by atoms with E-state index in [1.165, 1.54) is 12.1 Å². The molecule has 0 spiro atoms. The Balaban J connectivity index is 1.33. The SMILES string of the molecule is COc1c(C)cc(-c2ccc3nc(C(=O)N4CCN(c5ccc(F)cc5)CC4)cn3c2)cc1C. The van der Waals surface area contributed by atoms with Gasteiger partial charge in [0.05, 0.1) is 7.11 Å². The summed E-state index contributed by atoms with van der Waals surface area (Å²) >= 11 is 0. The number of halogens is 1. The number of nitrogens with zero attached hydrogens (tertiary/aromatic N) is 4. The van der Waals surface area contributed by atoms with E-state index in [1.807, 2.05) is 41.5 Å². The second-order valence-corrected chi connectivity index (χ2v) is 8.71. The predicted octanol–water partition coefficient (Wildman–Crippen LogP) is 4.73. The average Bonchev–Trinajstić information content (AvgIpc) is 3.27. The molecule has 1 saturated heterocycles. The number of amides is 1. The van der Waals surface area contributed by atoms with Crippen LogP contribution in [0.1, 0.15) is 21.6 Å². The Morgan fingerprint density at radius 2 is 1.59 bits per heavy atom. The monoisotopic (exact) mass is 458 g/mol. The first-order chi connectivity index (χ1) is 16.4. The largest absolute Gasteiger partial charge is 0.496 e. The Morgan fingerprint density at radius 3 is 2.24 bits per heavy atom. The van der Waals surface area contributed by atoms with Gasteiger partial charge in [-0.15, -0.1) is 0 Å². The van der Waals surface area contributed by atoms with Crippen molar-refractivity contribution in [3.05, 3.63) is 83.6 Å². The van der Waals surface area contributed by atoms with Crippen molar-refractivity contribution in [2.75, 3.05) is 38.2 Å². The molecule has 1 amide bonds. The summed E-state index contributed by atoms with van der Waals surface area (Å²) in [7, 11) is 1.69. The quantitative estimate of drug-likeness (QED) is 0.444. The molecule has 4 aromatic rings. The van der Waals surface area contributed by atoms with Gasteiger partial charge in [-0.3, -0.25) is 4.79 Å². The van der Waals surface area contributed by atoms with Crippen molar-refractivity contribution in [3.8, 4) is 16.9 Å². The number of hydrogen-bond donors (Lipinski definition) is 0. The molecule has 2 aromatic heterocycles. The Hall–Kier alpha value is -3.87. The van der Waals surface area contributed by atoms with Gasteiger partial charge in [0, 0.05) is 44.3 Å². The number of anilines is 1. The fourth-order valence-corrected chi connectivity index (χ4v) is 4.69. The van der Waals surface area contributed by atoms with Crippen LogP contribution in [-0.4, -0.2) is 53.5 Å². The molecule has 0 radical (unpaired) electrons. The lowest BCUT2D eigenvalue weighted by Crippen LogP contribution is -2.48. The molecule has 7 heteroatoms. The molecule has 5 rings (SSSR count). The standard InChI is InChI=1S/C27H27FN4O2/c1-18-14-21(15-19(2)26(18)34-3)20-4-9-25-29-24(17-32(25)16-20)27(33)31-12-10-30(11-13-31)23-7-5-22(28)6-8-23/h4-9,14-17H,10-13H2,1-3H3. The van der Waals surface area contributed by atoms with Crippen molar-refractivity contribution in [3.63, 3.8) is 0 Å². The van der Waals surface area contributed by atoms with E-state index in [1.54, 1.807) is 25.4 Å². The van der Waals surface area contributed by atoms with Gasteiger partial charge in [-0.25, -0.2) is 9.37 Å². The Morgan fingerprint density at radius 1 is 0.912 bits per heavy atom. The van der Waals surface area contributed by atoms with Crippen molar-refractivity contribution in [1.29, 1.82) is 0 Å². The van der Waals surface area contributed by atoms with Gasteiger partial charge in [-0.1, -0.05) is 0 Å². The molecule has 174 valence electrons. The number of hydrogen-bond acceptors (Lipinski definition) is 4. The van der Waals surface area contributed by atoms with E-state index in [-0.39, 0.29) is 11.7 Å². The summed E-state index contributed by atoms with van der Waals surface area (Å²) < 4.78 is 20.6. The topological polar surface area (TPSA) is 50.1 Å². The third-order valence-corrected chi connectivity index (χ3v) is 6.43. The van der Waals surface area contributed by atoms with Gasteiger partial charge in [0.15, 0.2) is 0 Å². The molecule has 0 bridgehead atoms. The van der Waals surface area contributed by atoms with Gasteiger partial charge in [-0.2, -0.15) is 0 Å². The first-order valence-corrected chi connectivity index (χ1v) is 11.4. The highest BCUT2D eigenvalue weighted by Crippen LogP contribution is 2.30. The zero-order valence-electron chi connectivity index (χ0n) is 19.6. The number of rotatable bonds is 4. The summed E-state index contributed by atoms with van der Waals surface area (Å²) in [5.74, 6) is 0.588. The lowest BCUT2D eigenvalue weighted by molar-refractivity contribution is 0.0741. The van der Waals surface area contributed by atoms with Crippen molar-refractivity contribution in [2.24, 2.45) is 0 Å². The first-order valence-electron chi connectivity index (χ1n) is 11.4. The molecule has 1 aliphatic heterocycles. The highest BCUT2D eigenvalue weighted by atomic mass is 19.1. The van der Waals surface area contributed by atoms with Crippen LogP contribution in [0.5, 0.6) is 5.75 Å². The molecule has 0 aliphatic carbocycles. The summed E-state index contributed by atoms with van der Waals surface area (Å²) in [4.78, 5) is 21.7. The van der Waals surface area contributed by atoms with Crippen molar-refractivity contribution < 1.29 is 13.9 Å². The maximum absolute atomic E-state index is 13.2. The molecule has 0 atom stereocenters. The molecular weight excluding hydrogens is 431 g/mol. The highest BCUT2D eigenvalue weighted by Gasteiger charge is 2.24. The van der Waals surface area contributed by atoms with Crippen molar-refractivity contribution in [2.45, 2.75) is 13.8 Å². The van der Waals surface area contributed by atoms with Crippen LogP contribution in [-0.2, 0) is 0 Å². The fraction of sp³-hybridized carbons (Fsp3) is 0.259. The zero-order chi connectivity index (χ0) is 23.8. The number of pyridine rings is 1. The highest BCUT2D eigenvalue weighted by molar-refractivity contribution is 5.93. The minimum absolute atomic E-state index is 0.0693. The maximum Gasteiger partial charge on any atom is 0.274 e. The predicted molar refractivity (Wildman–Crippen MR) is 131 cm³/mol. The second-order valence-electron chi connectivity index (χ2n) is 8.71. The first kappa shape index (κ1) is 21.9. The van der Waals surface area contributed by atoms with Gasteiger partial charge < -0.3 is 18.9 Å². The molecule has 0 saturated carbocycles. The third-order valence-electron chi connectivity index (χ3n) is 6.43. The van der Waals surface area contributed by atoms with Gasteiger partial charge in [0.1, 0.15) is 22.9 Å². The summed E-state index contributed by atoms with van der Waals surface area (Å²) in [5.41, 5.74) is 6.45. The van der Waals surface area contributed by atoms with E-state index < -0.39 is 0 Å². The zero-order valence-corrected chi connectivity index (χ0v) is 19.6. The number of carbonyl (C=O) groups excluding carboxylic acids is 1. The number of imidazole rings is 1. The Bertz CT molecular complexity index is 1330. The number of benzene rings is 2. The Labute approximate surface area is 198 Å². The van der Waals surface area contributed by atoms with Gasteiger partial charge in [0.2, 0.25) is 0 Å². The van der Waals surface area contributed by atoms with E-state index in [2.05, 4.69) is 22.0 Å². The third kappa shape index (κ3) is 4.09. The number of aryl methyl sites for hydroxylation is 2. The van der Waals surface area contributed by atoms with Crippen LogP contribution in [0.4, 0.5) is 10.1 Å². The normalized spacial score (nSPS) is 14.0. The lowest BCUT2D eigenvalue weighted by Gasteiger charge is -2.35. The summed E-state index contributed by atoms with van der Waals surface area (Å²) in [6.45, 7) is 6.67. The Kier molecular flexibility index (Phi) is 5.69. The molecule has 0 N–H and O–H groups in total. The lowest BCUT2D eigenvalue weighted by atomic mass is 10.0. The van der Waals surface area contributed by atoms with E-state index in [0.717, 1.165) is 39.3 Å². The van der Waals surface area contributed by atoms with Crippen LogP contribution in [0, 0.1) is 19.7 Å². The van der Waals surface area contributed by atoms with E-state index >= 15 is 0 Å². The molecule has 3 heterocycles. The molecule has 34 heavy (non-hydrogen) atoms. The second kappa shape index (κ2) is 8.82. The molecule has 6 nitrogen and oxygen atoms in total. The van der Waals surface area contributed by atoms with Gasteiger partial charge >= 0.3 is 0 Å². The van der Waals surface area contributed by atoms with Crippen LogP contribution < -0.4 is 9.64 Å². The van der Waals surface area contributed by atoms with Crippen LogP contribution in [0.2, 0.25) is 0 Å². The number of carbonyl (C=O) groups is 1. The smallest absolute Gasteiger partial charge is 0.274 e. The fourth-order valence-electron chi connectivity index (χ4n) is 4.69. The maximum atomic E-state index is 13.2. The van der Waals surface area contributed by atoms with Gasteiger partial charge in [-0.05, 0) is 84.6 Å². The minimum atomic E-state index is -0.246. The summed E-state index contributed by atoms with van der Waals surface area (Å²) in [5, 5.41) is 0. The molecule has 2 aromatic carbocycles. The van der Waals surface area contributed by atoms with Crippen molar-refractivity contribution in [1.82, 2.24) is 14.3 Å². The molecule has 1 aliphatic rings. The average molecular weight is 459 g/mol. The van der Waals surface area contributed by atoms with Crippen LogP contribution in [0.3, 0.4) is 0 Å². The number of fused-ring (bicyclic) bond motifs is 1. The van der Waals surface area contributed by atoms with Crippen molar-refractivity contribution >= 4 is 17.2 Å². The van der Waals surface area contributed by atoms with E-state index in [0.29, 0.717) is 31.9 Å². The molecule has 1 fully saturated rings. The number of methoxy groups -OCH3 is 1. The number of aromatic nitrogens is 2. The van der Waals surface area contributed by atoms with E-state index in [4.69, 9.17) is 4.74 Å². The van der Waals surface area contributed by atoms with E-state index in [9.17, 15) is 9.18 Å². The minimum Gasteiger partial charge on any atom is -0.496 e. The summed E-state index contributed by atoms with van der Waals surface area (Å²) in [6.07, 6.45) is 3.81. The van der Waals surface area contributed by atoms with Crippen LogP contribution >= 0.6 is 0 Å². The summed E-state index contributed by atoms with van der Waals surface area (Å²) in [6, 6.07) is 14.7. The van der Waals surface area contributed by atoms with Crippen LogP contribution in [0.15, 0.2) is 60.9 Å².